The number of hydrogen-bond donors (Lipinski definition) is 2. The zero-order valence-electron chi connectivity index (χ0n) is 18.0. The van der Waals surface area contributed by atoms with Gasteiger partial charge in [-0.05, 0) is 62.4 Å². The molecule has 0 atom stereocenters. The van der Waals surface area contributed by atoms with Crippen LogP contribution in [-0.4, -0.2) is 34.5 Å². The number of aryl methyl sites for hydroxylation is 2. The lowest BCUT2D eigenvalue weighted by atomic mass is 9.97. The van der Waals surface area contributed by atoms with Gasteiger partial charge in [0.25, 0.3) is 5.56 Å². The van der Waals surface area contributed by atoms with Crippen LogP contribution in [0.2, 0.25) is 0 Å². The van der Waals surface area contributed by atoms with Crippen molar-refractivity contribution in [3.05, 3.63) is 51.4 Å². The summed E-state index contributed by atoms with van der Waals surface area (Å²) >= 11 is 1.59. The van der Waals surface area contributed by atoms with Gasteiger partial charge in [-0.3, -0.25) is 19.0 Å². The third-order valence-corrected chi connectivity index (χ3v) is 6.58. The summed E-state index contributed by atoms with van der Waals surface area (Å²) in [7, 11) is 0. The van der Waals surface area contributed by atoms with E-state index in [1.54, 1.807) is 35.6 Å². The summed E-state index contributed by atoms with van der Waals surface area (Å²) in [6, 6.07) is 7.10. The van der Waals surface area contributed by atoms with Gasteiger partial charge in [-0.1, -0.05) is 0 Å². The van der Waals surface area contributed by atoms with Gasteiger partial charge in [0, 0.05) is 23.5 Å². The van der Waals surface area contributed by atoms with Crippen LogP contribution in [0.5, 0.6) is 5.75 Å². The number of fused-ring (bicyclic) bond motifs is 3. The van der Waals surface area contributed by atoms with Crippen molar-refractivity contribution in [2.75, 3.05) is 18.5 Å². The van der Waals surface area contributed by atoms with Crippen LogP contribution < -0.4 is 20.9 Å². The van der Waals surface area contributed by atoms with Crippen molar-refractivity contribution >= 4 is 39.1 Å². The average molecular weight is 455 g/mol. The second-order valence-electron chi connectivity index (χ2n) is 7.67. The monoisotopic (exact) mass is 454 g/mol. The quantitative estimate of drug-likeness (QED) is 0.545. The van der Waals surface area contributed by atoms with Crippen LogP contribution in [0.1, 0.15) is 36.6 Å². The Bertz CT molecular complexity index is 1180. The topological polar surface area (TPSA) is 102 Å². The molecule has 2 heterocycles. The molecule has 0 bridgehead atoms. The van der Waals surface area contributed by atoms with Crippen molar-refractivity contribution < 1.29 is 14.3 Å². The summed E-state index contributed by atoms with van der Waals surface area (Å²) in [6.45, 7) is 2.55. The van der Waals surface area contributed by atoms with Gasteiger partial charge in [0.2, 0.25) is 11.8 Å². The van der Waals surface area contributed by atoms with Crippen LogP contribution in [0, 0.1) is 0 Å². The number of aromatic nitrogens is 2. The van der Waals surface area contributed by atoms with Crippen molar-refractivity contribution in [3.63, 3.8) is 0 Å². The molecular weight excluding hydrogens is 428 g/mol. The molecule has 8 nitrogen and oxygen atoms in total. The van der Waals surface area contributed by atoms with Crippen molar-refractivity contribution in [2.45, 2.75) is 45.6 Å². The molecule has 1 aliphatic rings. The van der Waals surface area contributed by atoms with Gasteiger partial charge in [-0.25, -0.2) is 4.98 Å². The predicted octanol–water partition coefficient (Wildman–Crippen LogP) is 2.88. The summed E-state index contributed by atoms with van der Waals surface area (Å²) < 4.78 is 6.72. The second kappa shape index (κ2) is 9.95. The summed E-state index contributed by atoms with van der Waals surface area (Å²) in [4.78, 5) is 43.8. The molecule has 4 rings (SSSR count). The predicted molar refractivity (Wildman–Crippen MR) is 124 cm³/mol. The van der Waals surface area contributed by atoms with Gasteiger partial charge >= 0.3 is 0 Å². The van der Waals surface area contributed by atoms with Gasteiger partial charge < -0.3 is 15.4 Å². The zero-order valence-corrected chi connectivity index (χ0v) is 18.8. The molecule has 0 unspecified atom stereocenters. The molecule has 0 aliphatic heterocycles. The van der Waals surface area contributed by atoms with Gasteiger partial charge in [0.15, 0.2) is 0 Å². The number of benzene rings is 1. The van der Waals surface area contributed by atoms with E-state index < -0.39 is 0 Å². The van der Waals surface area contributed by atoms with Gasteiger partial charge in [-0.2, -0.15) is 0 Å². The fourth-order valence-corrected chi connectivity index (χ4v) is 5.06. The largest absolute Gasteiger partial charge is 0.494 e. The van der Waals surface area contributed by atoms with Crippen molar-refractivity contribution in [1.82, 2.24) is 14.9 Å². The zero-order chi connectivity index (χ0) is 22.5. The number of nitrogens with zero attached hydrogens (tertiary/aromatic N) is 2. The normalized spacial score (nSPS) is 12.9. The smallest absolute Gasteiger partial charge is 0.262 e. The number of rotatable bonds is 8. The van der Waals surface area contributed by atoms with E-state index in [0.717, 1.165) is 41.8 Å². The number of thiophene rings is 1. The number of carbonyl (C=O) groups excluding carboxylic acids is 2. The van der Waals surface area contributed by atoms with E-state index in [-0.39, 0.29) is 36.9 Å². The minimum Gasteiger partial charge on any atom is -0.494 e. The number of amides is 2. The van der Waals surface area contributed by atoms with Crippen LogP contribution in [0.25, 0.3) is 10.2 Å². The fourth-order valence-electron chi connectivity index (χ4n) is 3.84. The molecule has 3 aromatic rings. The Balaban J connectivity index is 1.29. The van der Waals surface area contributed by atoms with Crippen LogP contribution in [-0.2, 0) is 29.0 Å². The first kappa shape index (κ1) is 22.0. The Morgan fingerprint density at radius 1 is 1.16 bits per heavy atom. The molecule has 0 saturated carbocycles. The van der Waals surface area contributed by atoms with E-state index in [4.69, 9.17) is 4.74 Å². The van der Waals surface area contributed by atoms with Gasteiger partial charge in [0.05, 0.1) is 18.3 Å². The lowest BCUT2D eigenvalue weighted by Crippen LogP contribution is -2.34. The highest BCUT2D eigenvalue weighted by atomic mass is 32.1. The SMILES string of the molecule is CCOc1ccc(NC(=O)CCNC(=O)Cn2cnc3sc4c(c3c2=O)CCCC4)cc1. The molecule has 1 aromatic carbocycles. The number of ether oxygens (including phenoxy) is 1. The molecule has 2 amide bonds. The summed E-state index contributed by atoms with van der Waals surface area (Å²) in [6.07, 6.45) is 5.67. The number of anilines is 1. The third-order valence-electron chi connectivity index (χ3n) is 5.38. The fraction of sp³-hybridized carbons (Fsp3) is 0.391. The highest BCUT2D eigenvalue weighted by Crippen LogP contribution is 2.33. The van der Waals surface area contributed by atoms with Crippen LogP contribution >= 0.6 is 11.3 Å². The molecule has 0 saturated heterocycles. The maximum Gasteiger partial charge on any atom is 0.262 e. The van der Waals surface area contributed by atoms with Crippen LogP contribution in [0.15, 0.2) is 35.4 Å². The summed E-state index contributed by atoms with van der Waals surface area (Å²) in [5.74, 6) is 0.203. The first-order valence-electron chi connectivity index (χ1n) is 10.8. The Labute approximate surface area is 189 Å². The Hall–Kier alpha value is -3.20. The molecule has 2 aromatic heterocycles. The molecule has 0 spiro atoms. The minimum absolute atomic E-state index is 0.118. The van der Waals surface area contributed by atoms with E-state index in [1.807, 2.05) is 6.92 Å². The number of hydrogen-bond acceptors (Lipinski definition) is 6. The van der Waals surface area contributed by atoms with Crippen molar-refractivity contribution in [2.24, 2.45) is 0 Å². The lowest BCUT2D eigenvalue weighted by molar-refractivity contribution is -0.121. The third kappa shape index (κ3) is 4.99. The number of nitrogens with one attached hydrogen (secondary N) is 2. The minimum atomic E-state index is -0.328. The Kier molecular flexibility index (Phi) is 6.84. The van der Waals surface area contributed by atoms with E-state index in [2.05, 4.69) is 15.6 Å². The molecular formula is C23H26N4O4S. The maximum atomic E-state index is 12.9. The van der Waals surface area contributed by atoms with Crippen molar-refractivity contribution in [1.29, 1.82) is 0 Å². The first-order chi connectivity index (χ1) is 15.5. The molecule has 2 N–H and O–H groups in total. The Morgan fingerprint density at radius 2 is 1.94 bits per heavy atom. The van der Waals surface area contributed by atoms with E-state index in [1.165, 1.54) is 15.8 Å². The number of carbonyl (C=O) groups is 2. The molecule has 1 aliphatic carbocycles. The van der Waals surface area contributed by atoms with E-state index in [9.17, 15) is 14.4 Å². The van der Waals surface area contributed by atoms with Gasteiger partial charge in [-0.15, -0.1) is 11.3 Å². The molecule has 168 valence electrons. The van der Waals surface area contributed by atoms with Crippen LogP contribution in [0.4, 0.5) is 5.69 Å². The van der Waals surface area contributed by atoms with Gasteiger partial charge in [0.1, 0.15) is 17.1 Å². The highest BCUT2D eigenvalue weighted by Gasteiger charge is 2.20. The Morgan fingerprint density at radius 3 is 2.72 bits per heavy atom. The summed E-state index contributed by atoms with van der Waals surface area (Å²) in [5, 5.41) is 6.14. The second-order valence-corrected chi connectivity index (χ2v) is 8.76. The molecule has 32 heavy (non-hydrogen) atoms. The average Bonchev–Trinajstić information content (AvgIpc) is 3.16. The van der Waals surface area contributed by atoms with Crippen LogP contribution in [0.3, 0.4) is 0 Å². The van der Waals surface area contributed by atoms with E-state index in [0.29, 0.717) is 17.7 Å². The molecule has 0 fully saturated rings. The standard InChI is InChI=1S/C23H26N4O4S/c1-2-31-16-9-7-15(8-10-16)26-19(28)11-12-24-20(29)13-27-14-25-22-21(23(27)30)17-5-3-4-6-18(17)32-22/h7-10,14H,2-6,11-13H2,1H3,(H,24,29)(H,26,28). The lowest BCUT2D eigenvalue weighted by Gasteiger charge is -2.11. The van der Waals surface area contributed by atoms with Crippen molar-refractivity contribution in [3.8, 4) is 5.75 Å². The molecule has 0 radical (unpaired) electrons. The summed E-state index contributed by atoms with van der Waals surface area (Å²) in [5.41, 5.74) is 1.60. The maximum absolute atomic E-state index is 12.9. The molecule has 9 heteroatoms. The first-order valence-corrected chi connectivity index (χ1v) is 11.7. The van der Waals surface area contributed by atoms with E-state index >= 15 is 0 Å². The highest BCUT2D eigenvalue weighted by molar-refractivity contribution is 7.18.